The quantitative estimate of drug-likeness (QED) is 0.523. The van der Waals surface area contributed by atoms with Gasteiger partial charge in [0.2, 0.25) is 0 Å². The molecule has 0 unspecified atom stereocenters. The molecule has 1 heterocycles. The molecule has 0 saturated heterocycles. The van der Waals surface area contributed by atoms with Gasteiger partial charge in [0.05, 0.1) is 10.5 Å². The number of amides is 1. The molecular weight excluding hydrogens is 334 g/mol. The van der Waals surface area contributed by atoms with Gasteiger partial charge in [-0.1, -0.05) is 0 Å². The molecule has 3 aromatic rings. The summed E-state index contributed by atoms with van der Waals surface area (Å²) < 4.78 is 5.33. The van der Waals surface area contributed by atoms with Crippen LogP contribution < -0.4 is 10.2 Å². The minimum Gasteiger partial charge on any atom is -0.463 e. The lowest BCUT2D eigenvalue weighted by Crippen LogP contribution is -2.21. The lowest BCUT2D eigenvalue weighted by molar-refractivity contribution is -0.384. The van der Waals surface area contributed by atoms with Crippen molar-refractivity contribution in [1.29, 1.82) is 0 Å². The third-order valence-corrected chi connectivity index (χ3v) is 4.27. The largest absolute Gasteiger partial charge is 0.463 e. The second kappa shape index (κ2) is 7.26. The van der Waals surface area contributed by atoms with Crippen molar-refractivity contribution in [1.82, 2.24) is 0 Å². The normalized spacial score (nSPS) is 10.7. The van der Waals surface area contributed by atoms with Gasteiger partial charge >= 0.3 is 0 Å². The van der Waals surface area contributed by atoms with E-state index in [4.69, 9.17) is 4.42 Å². The number of furan rings is 1. The first kappa shape index (κ1) is 17.5. The molecule has 26 heavy (non-hydrogen) atoms. The Bertz CT molecular complexity index is 943. The lowest BCUT2D eigenvalue weighted by atomic mass is 10.1. The van der Waals surface area contributed by atoms with Crippen molar-refractivity contribution in [3.63, 3.8) is 0 Å². The Hall–Kier alpha value is -3.35. The van der Waals surface area contributed by atoms with E-state index in [0.717, 1.165) is 18.8 Å². The highest BCUT2D eigenvalue weighted by molar-refractivity contribution is 6.12. The first-order valence-corrected chi connectivity index (χ1v) is 8.35. The predicted octanol–water partition coefficient (Wildman–Crippen LogP) is 4.44. The molecule has 0 spiro atoms. The molecule has 1 aromatic heterocycles. The average molecular weight is 353 g/mol. The summed E-state index contributed by atoms with van der Waals surface area (Å²) in [6, 6.07) is 11.7. The van der Waals surface area contributed by atoms with Crippen molar-refractivity contribution in [2.75, 3.05) is 23.3 Å². The highest BCUT2D eigenvalue weighted by Crippen LogP contribution is 2.27. The fourth-order valence-electron chi connectivity index (χ4n) is 2.85. The standard InChI is InChI=1S/C19H19N3O4/c1-3-21(4-2)14-7-5-13(6-8-14)20-19(23)17-12-26-18-10-9-15(22(24)25)11-16(17)18/h5-12H,3-4H2,1-2H3,(H,20,23). The molecule has 0 radical (unpaired) electrons. The van der Waals surface area contributed by atoms with Gasteiger partial charge in [0, 0.05) is 42.0 Å². The Morgan fingerprint density at radius 2 is 1.85 bits per heavy atom. The molecule has 0 saturated carbocycles. The van der Waals surface area contributed by atoms with Crippen molar-refractivity contribution in [3.8, 4) is 0 Å². The van der Waals surface area contributed by atoms with Crippen LogP contribution in [0.1, 0.15) is 24.2 Å². The van der Waals surface area contributed by atoms with Crippen LogP contribution in [-0.4, -0.2) is 23.9 Å². The molecular formula is C19H19N3O4. The number of hydrogen-bond donors (Lipinski definition) is 1. The van der Waals surface area contributed by atoms with Crippen LogP contribution in [0.3, 0.4) is 0 Å². The van der Waals surface area contributed by atoms with Crippen LogP contribution in [0.2, 0.25) is 0 Å². The molecule has 134 valence electrons. The Labute approximate surface area is 150 Å². The first-order valence-electron chi connectivity index (χ1n) is 8.35. The number of hydrogen-bond acceptors (Lipinski definition) is 5. The van der Waals surface area contributed by atoms with E-state index in [-0.39, 0.29) is 17.2 Å². The van der Waals surface area contributed by atoms with Crippen LogP contribution >= 0.6 is 0 Å². The number of nitro benzene ring substituents is 1. The van der Waals surface area contributed by atoms with Gasteiger partial charge in [0.15, 0.2) is 0 Å². The van der Waals surface area contributed by atoms with Gasteiger partial charge < -0.3 is 14.6 Å². The number of non-ortho nitro benzene ring substituents is 1. The summed E-state index contributed by atoms with van der Waals surface area (Å²) in [7, 11) is 0. The molecule has 2 aromatic carbocycles. The Morgan fingerprint density at radius 3 is 2.46 bits per heavy atom. The number of anilines is 2. The maximum Gasteiger partial charge on any atom is 0.270 e. The molecule has 3 rings (SSSR count). The molecule has 0 aliphatic heterocycles. The van der Waals surface area contributed by atoms with Gasteiger partial charge in [-0.2, -0.15) is 0 Å². The number of rotatable bonds is 6. The fourth-order valence-corrected chi connectivity index (χ4v) is 2.85. The van der Waals surface area contributed by atoms with Gasteiger partial charge in [-0.25, -0.2) is 0 Å². The number of nitro groups is 1. The molecule has 0 aliphatic carbocycles. The SMILES string of the molecule is CCN(CC)c1ccc(NC(=O)c2coc3ccc([N+](=O)[O-])cc23)cc1. The number of carbonyl (C=O) groups is 1. The zero-order valence-corrected chi connectivity index (χ0v) is 14.6. The van der Waals surface area contributed by atoms with E-state index >= 15 is 0 Å². The second-order valence-electron chi connectivity index (χ2n) is 5.76. The summed E-state index contributed by atoms with van der Waals surface area (Å²) in [5.41, 5.74) is 2.33. The number of fused-ring (bicyclic) bond motifs is 1. The fraction of sp³-hybridized carbons (Fsp3) is 0.211. The molecule has 0 fully saturated rings. The summed E-state index contributed by atoms with van der Waals surface area (Å²) in [6.07, 6.45) is 1.31. The molecule has 7 heteroatoms. The van der Waals surface area contributed by atoms with E-state index in [9.17, 15) is 14.9 Å². The van der Waals surface area contributed by atoms with Crippen LogP contribution in [-0.2, 0) is 0 Å². The van der Waals surface area contributed by atoms with E-state index in [1.54, 1.807) is 0 Å². The Balaban J connectivity index is 1.83. The zero-order valence-electron chi connectivity index (χ0n) is 14.6. The lowest BCUT2D eigenvalue weighted by Gasteiger charge is -2.21. The summed E-state index contributed by atoms with van der Waals surface area (Å²) in [5.74, 6) is -0.375. The van der Waals surface area contributed by atoms with E-state index in [1.165, 1.54) is 24.5 Å². The summed E-state index contributed by atoms with van der Waals surface area (Å²) in [4.78, 5) is 25.2. The van der Waals surface area contributed by atoms with Gasteiger partial charge in [-0.3, -0.25) is 14.9 Å². The van der Waals surface area contributed by atoms with Crippen LogP contribution in [0.4, 0.5) is 17.1 Å². The highest BCUT2D eigenvalue weighted by atomic mass is 16.6. The van der Waals surface area contributed by atoms with Crippen molar-refractivity contribution in [2.24, 2.45) is 0 Å². The van der Waals surface area contributed by atoms with E-state index in [0.29, 0.717) is 16.7 Å². The molecule has 0 aliphatic rings. The smallest absolute Gasteiger partial charge is 0.270 e. The van der Waals surface area contributed by atoms with E-state index < -0.39 is 4.92 Å². The number of nitrogens with one attached hydrogen (secondary N) is 1. The topological polar surface area (TPSA) is 88.6 Å². The highest BCUT2D eigenvalue weighted by Gasteiger charge is 2.17. The van der Waals surface area contributed by atoms with Crippen LogP contribution in [0.15, 0.2) is 53.1 Å². The molecule has 0 atom stereocenters. The van der Waals surface area contributed by atoms with Crippen molar-refractivity contribution >= 4 is 33.9 Å². The monoisotopic (exact) mass is 353 g/mol. The minimum atomic E-state index is -0.500. The van der Waals surface area contributed by atoms with Crippen LogP contribution in [0.5, 0.6) is 0 Å². The first-order chi connectivity index (χ1) is 12.5. The maximum absolute atomic E-state index is 12.6. The Kier molecular flexibility index (Phi) is 4.88. The van der Waals surface area contributed by atoms with E-state index in [1.807, 2.05) is 24.3 Å². The van der Waals surface area contributed by atoms with Crippen molar-refractivity contribution in [2.45, 2.75) is 13.8 Å². The van der Waals surface area contributed by atoms with Gasteiger partial charge in [0.25, 0.3) is 11.6 Å². The number of benzene rings is 2. The summed E-state index contributed by atoms with van der Waals surface area (Å²) in [5, 5.41) is 14.2. The molecule has 1 N–H and O–H groups in total. The molecule has 0 bridgehead atoms. The van der Waals surface area contributed by atoms with Gasteiger partial charge in [-0.15, -0.1) is 0 Å². The third-order valence-electron chi connectivity index (χ3n) is 4.27. The van der Waals surface area contributed by atoms with Crippen LogP contribution in [0, 0.1) is 10.1 Å². The number of carbonyl (C=O) groups excluding carboxylic acids is 1. The molecule has 7 nitrogen and oxygen atoms in total. The average Bonchev–Trinajstić information content (AvgIpc) is 3.07. The maximum atomic E-state index is 12.6. The minimum absolute atomic E-state index is 0.0866. The summed E-state index contributed by atoms with van der Waals surface area (Å²) in [6.45, 7) is 5.98. The number of nitrogens with zero attached hydrogens (tertiary/aromatic N) is 2. The Morgan fingerprint density at radius 1 is 1.15 bits per heavy atom. The summed E-state index contributed by atoms with van der Waals surface area (Å²) >= 11 is 0. The third kappa shape index (κ3) is 3.37. The zero-order chi connectivity index (χ0) is 18.7. The van der Waals surface area contributed by atoms with Crippen molar-refractivity contribution in [3.05, 3.63) is 64.4 Å². The molecule has 1 amide bonds. The van der Waals surface area contributed by atoms with E-state index in [2.05, 4.69) is 24.1 Å². The van der Waals surface area contributed by atoms with Crippen molar-refractivity contribution < 1.29 is 14.1 Å². The second-order valence-corrected chi connectivity index (χ2v) is 5.76. The predicted molar refractivity (Wildman–Crippen MR) is 101 cm³/mol. The van der Waals surface area contributed by atoms with Crippen LogP contribution in [0.25, 0.3) is 11.0 Å². The van der Waals surface area contributed by atoms with Gasteiger partial charge in [-0.05, 0) is 44.2 Å². The van der Waals surface area contributed by atoms with Gasteiger partial charge in [0.1, 0.15) is 11.8 Å².